The molecule has 0 fully saturated rings. The first-order valence-corrected chi connectivity index (χ1v) is 11.0. The van der Waals surface area contributed by atoms with Crippen LogP contribution in [0.1, 0.15) is 44.1 Å². The Bertz CT molecular complexity index is 1380. The molecule has 0 spiro atoms. The van der Waals surface area contributed by atoms with Gasteiger partial charge in [0.15, 0.2) is 11.6 Å². The van der Waals surface area contributed by atoms with Gasteiger partial charge in [0, 0.05) is 12.0 Å². The molecular weight excluding hydrogens is 447 g/mol. The molecule has 2 N–H and O–H groups in total. The van der Waals surface area contributed by atoms with Gasteiger partial charge < -0.3 is 14.8 Å². The number of nitrogens with zero attached hydrogens (tertiary/aromatic N) is 1. The smallest absolute Gasteiger partial charge is 0.335 e. The highest BCUT2D eigenvalue weighted by Crippen LogP contribution is 2.22. The second-order valence-corrected chi connectivity index (χ2v) is 8.26. The molecule has 9 heteroatoms. The fourth-order valence-electron chi connectivity index (χ4n) is 3.34. The lowest BCUT2D eigenvalue weighted by Gasteiger charge is -2.05. The third kappa shape index (κ3) is 5.39. The molecule has 0 saturated heterocycles. The summed E-state index contributed by atoms with van der Waals surface area (Å²) in [7, 11) is 0. The molecule has 2 aromatic heterocycles. The summed E-state index contributed by atoms with van der Waals surface area (Å²) >= 11 is 1.25. The zero-order chi connectivity index (χ0) is 23.4. The summed E-state index contributed by atoms with van der Waals surface area (Å²) < 4.78 is 19.0. The Kier molecular flexibility index (Phi) is 6.71. The van der Waals surface area contributed by atoms with E-state index in [2.05, 4.69) is 9.97 Å². The molecule has 0 aliphatic rings. The number of Topliss-reactive ketones (excluding diaryl/α,β-unsaturated/α-hetero) is 1. The normalized spacial score (nSPS) is 11.1. The van der Waals surface area contributed by atoms with Crippen molar-refractivity contribution < 1.29 is 23.8 Å². The van der Waals surface area contributed by atoms with Gasteiger partial charge in [-0.3, -0.25) is 9.59 Å². The van der Waals surface area contributed by atoms with Crippen LogP contribution in [-0.4, -0.2) is 26.8 Å². The fraction of sp³-hybridized carbons (Fsp3) is 0.167. The molecule has 0 atom stereocenters. The van der Waals surface area contributed by atoms with Crippen LogP contribution in [0.25, 0.3) is 10.2 Å². The molecule has 33 heavy (non-hydrogen) atoms. The van der Waals surface area contributed by atoms with Crippen molar-refractivity contribution in [1.29, 1.82) is 0 Å². The van der Waals surface area contributed by atoms with Gasteiger partial charge in [0.05, 0.1) is 24.2 Å². The second kappa shape index (κ2) is 9.85. The third-order valence-corrected chi connectivity index (χ3v) is 5.96. The zero-order valence-corrected chi connectivity index (χ0v) is 18.2. The molecule has 0 radical (unpaired) electrons. The Morgan fingerprint density at radius 3 is 2.61 bits per heavy atom. The van der Waals surface area contributed by atoms with E-state index in [1.165, 1.54) is 35.6 Å². The highest BCUT2D eigenvalue weighted by Gasteiger charge is 2.16. The Morgan fingerprint density at radius 1 is 1.09 bits per heavy atom. The molecule has 4 rings (SSSR count). The number of benzene rings is 2. The number of carboxylic acid groups (broad SMARTS) is 1. The summed E-state index contributed by atoms with van der Waals surface area (Å²) in [5, 5.41) is 11.1. The number of aromatic amines is 1. The quantitative estimate of drug-likeness (QED) is 0.355. The first-order chi connectivity index (χ1) is 15.9. The molecule has 2 aromatic carbocycles. The number of fused-ring (bicyclic) bond motifs is 1. The molecular formula is C24H19FN2O5S. The van der Waals surface area contributed by atoms with E-state index in [1.807, 2.05) is 0 Å². The summed E-state index contributed by atoms with van der Waals surface area (Å²) in [5.41, 5.74) is 1.93. The number of ketones is 1. The van der Waals surface area contributed by atoms with Gasteiger partial charge in [0.2, 0.25) is 0 Å². The van der Waals surface area contributed by atoms with Crippen molar-refractivity contribution in [3.05, 3.63) is 98.2 Å². The van der Waals surface area contributed by atoms with Crippen LogP contribution in [0.4, 0.5) is 4.39 Å². The summed E-state index contributed by atoms with van der Waals surface area (Å²) in [5.74, 6) is -1.70. The number of aryl methyl sites for hydroxylation is 1. The van der Waals surface area contributed by atoms with E-state index in [0.29, 0.717) is 27.8 Å². The average molecular weight is 466 g/mol. The van der Waals surface area contributed by atoms with Crippen molar-refractivity contribution in [3.63, 3.8) is 0 Å². The van der Waals surface area contributed by atoms with E-state index in [4.69, 9.17) is 9.84 Å². The number of aromatic nitrogens is 2. The van der Waals surface area contributed by atoms with Crippen LogP contribution in [-0.2, 0) is 24.4 Å². The maximum atomic E-state index is 13.3. The van der Waals surface area contributed by atoms with Crippen LogP contribution in [0.15, 0.2) is 58.7 Å². The predicted molar refractivity (Wildman–Crippen MR) is 121 cm³/mol. The van der Waals surface area contributed by atoms with Gasteiger partial charge in [0.25, 0.3) is 5.56 Å². The molecule has 0 bridgehead atoms. The summed E-state index contributed by atoms with van der Waals surface area (Å²) in [6.07, 6.45) is 0.440. The number of carbonyl (C=O) groups is 2. The number of hydrogen-bond donors (Lipinski definition) is 2. The number of carboxylic acids is 1. The SMILES string of the molecule is O=C(O)c1ccc(COCc2csc3nc(C(=O)CCc4cccc(F)c4)[nH]c(=O)c23)cc1. The number of aromatic carboxylic acids is 1. The monoisotopic (exact) mass is 466 g/mol. The van der Waals surface area contributed by atoms with E-state index in [-0.39, 0.29) is 42.6 Å². The van der Waals surface area contributed by atoms with E-state index >= 15 is 0 Å². The number of rotatable bonds is 9. The van der Waals surface area contributed by atoms with Crippen molar-refractivity contribution in [1.82, 2.24) is 9.97 Å². The molecule has 0 aliphatic heterocycles. The Hall–Kier alpha value is -3.69. The number of thiophene rings is 1. The molecule has 0 unspecified atom stereocenters. The third-order valence-electron chi connectivity index (χ3n) is 5.04. The molecule has 168 valence electrons. The molecule has 0 saturated carbocycles. The minimum Gasteiger partial charge on any atom is -0.478 e. The van der Waals surface area contributed by atoms with Gasteiger partial charge >= 0.3 is 5.97 Å². The van der Waals surface area contributed by atoms with Gasteiger partial charge in [-0.25, -0.2) is 14.2 Å². The molecule has 7 nitrogen and oxygen atoms in total. The standard InChI is InChI=1S/C24H19FN2O5S/c25-18-3-1-2-14(10-18)6-9-19(28)21-26-22(29)20-17(13-33-23(20)27-21)12-32-11-15-4-7-16(8-5-15)24(30)31/h1-5,7-8,10,13H,6,9,11-12H2,(H,30,31)(H,26,27,29). The van der Waals surface area contributed by atoms with Crippen LogP contribution in [0, 0.1) is 5.82 Å². The molecule has 4 aromatic rings. The van der Waals surface area contributed by atoms with E-state index in [1.54, 1.807) is 29.6 Å². The lowest BCUT2D eigenvalue weighted by atomic mass is 10.1. The Balaban J connectivity index is 1.41. The van der Waals surface area contributed by atoms with Crippen molar-refractivity contribution in [3.8, 4) is 0 Å². The van der Waals surface area contributed by atoms with Crippen LogP contribution in [0.2, 0.25) is 0 Å². The molecule has 0 aliphatic carbocycles. The summed E-state index contributed by atoms with van der Waals surface area (Å²) in [6.45, 7) is 0.414. The highest BCUT2D eigenvalue weighted by atomic mass is 32.1. The van der Waals surface area contributed by atoms with Gasteiger partial charge in [-0.1, -0.05) is 24.3 Å². The average Bonchev–Trinajstić information content (AvgIpc) is 3.21. The van der Waals surface area contributed by atoms with Crippen LogP contribution in [0.5, 0.6) is 0 Å². The number of ether oxygens (including phenoxy) is 1. The minimum absolute atomic E-state index is 0.0169. The summed E-state index contributed by atoms with van der Waals surface area (Å²) in [4.78, 5) is 43.4. The minimum atomic E-state index is -0.995. The second-order valence-electron chi connectivity index (χ2n) is 7.40. The number of hydrogen-bond acceptors (Lipinski definition) is 6. The first kappa shape index (κ1) is 22.5. The number of halogens is 1. The lowest BCUT2D eigenvalue weighted by Crippen LogP contribution is -2.16. The lowest BCUT2D eigenvalue weighted by molar-refractivity contribution is 0.0696. The largest absolute Gasteiger partial charge is 0.478 e. The van der Waals surface area contributed by atoms with Crippen LogP contribution < -0.4 is 5.56 Å². The summed E-state index contributed by atoms with van der Waals surface area (Å²) in [6, 6.07) is 12.4. The predicted octanol–water partition coefficient (Wildman–Crippen LogP) is 4.35. The van der Waals surface area contributed by atoms with Gasteiger partial charge in [-0.05, 0) is 47.2 Å². The Labute approximate surface area is 191 Å². The fourth-order valence-corrected chi connectivity index (χ4v) is 4.26. The van der Waals surface area contributed by atoms with Crippen LogP contribution in [0.3, 0.4) is 0 Å². The molecule has 2 heterocycles. The van der Waals surface area contributed by atoms with E-state index in [9.17, 15) is 18.8 Å². The van der Waals surface area contributed by atoms with Crippen molar-refractivity contribution in [2.24, 2.45) is 0 Å². The van der Waals surface area contributed by atoms with E-state index in [0.717, 1.165) is 5.56 Å². The van der Waals surface area contributed by atoms with Gasteiger partial charge in [-0.15, -0.1) is 11.3 Å². The van der Waals surface area contributed by atoms with Crippen molar-refractivity contribution >= 4 is 33.3 Å². The van der Waals surface area contributed by atoms with Gasteiger partial charge in [0.1, 0.15) is 10.6 Å². The van der Waals surface area contributed by atoms with Gasteiger partial charge in [-0.2, -0.15) is 0 Å². The number of nitrogens with one attached hydrogen (secondary N) is 1. The highest BCUT2D eigenvalue weighted by molar-refractivity contribution is 7.16. The van der Waals surface area contributed by atoms with E-state index < -0.39 is 11.5 Å². The Morgan fingerprint density at radius 2 is 1.88 bits per heavy atom. The van der Waals surface area contributed by atoms with Crippen molar-refractivity contribution in [2.75, 3.05) is 0 Å². The zero-order valence-electron chi connectivity index (χ0n) is 17.3. The van der Waals surface area contributed by atoms with Crippen molar-refractivity contribution in [2.45, 2.75) is 26.1 Å². The van der Waals surface area contributed by atoms with Crippen LogP contribution >= 0.6 is 11.3 Å². The first-order valence-electron chi connectivity index (χ1n) is 10.1. The maximum absolute atomic E-state index is 13.3. The topological polar surface area (TPSA) is 109 Å². The number of carbonyl (C=O) groups excluding carboxylic acids is 1. The maximum Gasteiger partial charge on any atom is 0.335 e. The number of H-pyrrole nitrogens is 1. The molecule has 0 amide bonds.